The van der Waals surface area contributed by atoms with Gasteiger partial charge < -0.3 is 0 Å². The quantitative estimate of drug-likeness (QED) is 0.742. The van der Waals surface area contributed by atoms with E-state index >= 15 is 0 Å². The maximum absolute atomic E-state index is 13.8. The van der Waals surface area contributed by atoms with Gasteiger partial charge in [-0.05, 0) is 43.2 Å². The predicted octanol–water partition coefficient (Wildman–Crippen LogP) is 4.47. The van der Waals surface area contributed by atoms with Gasteiger partial charge in [-0.15, -0.1) is 0 Å². The largest absolute Gasteiger partial charge is 0.288 e. The van der Waals surface area contributed by atoms with E-state index in [1.165, 1.54) is 25.1 Å². The summed E-state index contributed by atoms with van der Waals surface area (Å²) in [5.74, 6) is -2.77. The molecule has 2 rings (SSSR count). The number of carbonyl (C=O) groups is 1. The average Bonchev–Trinajstić information content (AvgIpc) is 2.35. The van der Waals surface area contributed by atoms with Crippen molar-refractivity contribution in [2.75, 3.05) is 0 Å². The molecule has 0 aromatic heterocycles. The fourth-order valence-corrected chi connectivity index (χ4v) is 2.09. The minimum absolute atomic E-state index is 0.157. The molecule has 4 heteroatoms. The topological polar surface area (TPSA) is 17.1 Å². The number of halogens is 3. The molecule has 2 aromatic rings. The van der Waals surface area contributed by atoms with E-state index in [9.17, 15) is 13.6 Å². The van der Waals surface area contributed by atoms with Crippen molar-refractivity contribution in [3.8, 4) is 0 Å². The van der Waals surface area contributed by atoms with Gasteiger partial charge in [0.25, 0.3) is 0 Å². The van der Waals surface area contributed by atoms with Gasteiger partial charge in [-0.2, -0.15) is 0 Å². The highest BCUT2D eigenvalue weighted by Gasteiger charge is 2.20. The molecule has 0 aliphatic heterocycles. The molecule has 0 radical (unpaired) electrons. The molecule has 0 fully saturated rings. The smallest absolute Gasteiger partial charge is 0.197 e. The molecule has 0 spiro atoms. The summed E-state index contributed by atoms with van der Waals surface area (Å²) in [5, 5.41) is 0.227. The molecule has 0 aliphatic rings. The third-order valence-electron chi connectivity index (χ3n) is 2.89. The van der Waals surface area contributed by atoms with Crippen LogP contribution in [0.1, 0.15) is 27.0 Å². The summed E-state index contributed by atoms with van der Waals surface area (Å²) in [6.07, 6.45) is 0. The standard InChI is InChI=1S/C15H11ClF2O/c1-8-3-5-10(12(16)7-8)15(19)11-6-4-9(2)13(17)14(11)18/h3-7H,1-2H3. The molecule has 0 atom stereocenters. The number of carbonyl (C=O) groups excluding carboxylic acids is 1. The van der Waals surface area contributed by atoms with Gasteiger partial charge >= 0.3 is 0 Å². The number of rotatable bonds is 2. The van der Waals surface area contributed by atoms with Crippen LogP contribution in [0.3, 0.4) is 0 Å². The Balaban J connectivity index is 2.53. The zero-order valence-corrected chi connectivity index (χ0v) is 11.2. The molecule has 1 nitrogen and oxygen atoms in total. The lowest BCUT2D eigenvalue weighted by Gasteiger charge is -2.07. The highest BCUT2D eigenvalue weighted by molar-refractivity contribution is 6.35. The molecule has 0 unspecified atom stereocenters. The Morgan fingerprint density at radius 2 is 1.63 bits per heavy atom. The summed E-state index contributed by atoms with van der Waals surface area (Å²) in [6.45, 7) is 3.26. The number of hydrogen-bond donors (Lipinski definition) is 0. The van der Waals surface area contributed by atoms with Crippen molar-refractivity contribution in [3.63, 3.8) is 0 Å². The molecule has 0 amide bonds. The van der Waals surface area contributed by atoms with Crippen LogP contribution in [-0.4, -0.2) is 5.78 Å². The van der Waals surface area contributed by atoms with Crippen LogP contribution in [0.25, 0.3) is 0 Å². The molecular formula is C15H11ClF2O. The van der Waals surface area contributed by atoms with Crippen LogP contribution < -0.4 is 0 Å². The second-order valence-electron chi connectivity index (χ2n) is 4.37. The number of ketones is 1. The van der Waals surface area contributed by atoms with E-state index in [4.69, 9.17) is 11.6 Å². The Bertz CT molecular complexity index is 665. The van der Waals surface area contributed by atoms with E-state index in [1.807, 2.05) is 6.92 Å². The maximum Gasteiger partial charge on any atom is 0.197 e. The third kappa shape index (κ3) is 2.51. The zero-order chi connectivity index (χ0) is 14.2. The lowest BCUT2D eigenvalue weighted by molar-refractivity contribution is 0.103. The van der Waals surface area contributed by atoms with Crippen LogP contribution in [-0.2, 0) is 0 Å². The van der Waals surface area contributed by atoms with E-state index in [1.54, 1.807) is 12.1 Å². The molecule has 0 heterocycles. The number of aryl methyl sites for hydroxylation is 2. The molecule has 0 bridgehead atoms. The SMILES string of the molecule is Cc1ccc(C(=O)c2ccc(C)c(F)c2F)c(Cl)c1. The average molecular weight is 281 g/mol. The molecule has 0 saturated heterocycles. The van der Waals surface area contributed by atoms with Crippen molar-refractivity contribution >= 4 is 17.4 Å². The molecule has 0 N–H and O–H groups in total. The van der Waals surface area contributed by atoms with Gasteiger partial charge in [-0.3, -0.25) is 4.79 Å². The zero-order valence-electron chi connectivity index (χ0n) is 10.4. The molecular weight excluding hydrogens is 270 g/mol. The Morgan fingerprint density at radius 3 is 2.26 bits per heavy atom. The molecule has 2 aromatic carbocycles. The highest BCUT2D eigenvalue weighted by Crippen LogP contribution is 2.24. The van der Waals surface area contributed by atoms with E-state index in [0.29, 0.717) is 0 Å². The molecule has 19 heavy (non-hydrogen) atoms. The highest BCUT2D eigenvalue weighted by atomic mass is 35.5. The third-order valence-corrected chi connectivity index (χ3v) is 3.20. The van der Waals surface area contributed by atoms with Crippen LogP contribution in [0.15, 0.2) is 30.3 Å². The van der Waals surface area contributed by atoms with Crippen molar-refractivity contribution < 1.29 is 13.6 Å². The fraction of sp³-hybridized carbons (Fsp3) is 0.133. The lowest BCUT2D eigenvalue weighted by atomic mass is 10.0. The van der Waals surface area contributed by atoms with Gasteiger partial charge in [0.05, 0.1) is 10.6 Å². The minimum Gasteiger partial charge on any atom is -0.288 e. The summed E-state index contributed by atoms with van der Waals surface area (Å²) < 4.78 is 27.2. The van der Waals surface area contributed by atoms with Crippen molar-refractivity contribution in [2.24, 2.45) is 0 Å². The van der Waals surface area contributed by atoms with E-state index in [2.05, 4.69) is 0 Å². The number of benzene rings is 2. The van der Waals surface area contributed by atoms with Gasteiger partial charge in [0.15, 0.2) is 17.4 Å². The van der Waals surface area contributed by atoms with Gasteiger partial charge in [0.2, 0.25) is 0 Å². The first kappa shape index (κ1) is 13.7. The summed E-state index contributed by atoms with van der Waals surface area (Å²) in [4.78, 5) is 12.2. The van der Waals surface area contributed by atoms with Gasteiger partial charge in [-0.25, -0.2) is 8.78 Å². The van der Waals surface area contributed by atoms with Gasteiger partial charge in [0, 0.05) is 5.56 Å². The van der Waals surface area contributed by atoms with Gasteiger partial charge in [0.1, 0.15) is 0 Å². The Morgan fingerprint density at radius 1 is 1.00 bits per heavy atom. The number of hydrogen-bond acceptors (Lipinski definition) is 1. The Hall–Kier alpha value is -1.74. The van der Waals surface area contributed by atoms with Crippen LogP contribution in [0, 0.1) is 25.5 Å². The maximum atomic E-state index is 13.8. The van der Waals surface area contributed by atoms with Crippen LogP contribution >= 0.6 is 11.6 Å². The monoisotopic (exact) mass is 280 g/mol. The van der Waals surface area contributed by atoms with E-state index in [-0.39, 0.29) is 21.7 Å². The minimum atomic E-state index is -1.14. The predicted molar refractivity (Wildman–Crippen MR) is 70.7 cm³/mol. The first-order valence-electron chi connectivity index (χ1n) is 5.67. The molecule has 0 aliphatic carbocycles. The van der Waals surface area contributed by atoms with E-state index < -0.39 is 17.4 Å². The van der Waals surface area contributed by atoms with Crippen molar-refractivity contribution in [1.82, 2.24) is 0 Å². The second-order valence-corrected chi connectivity index (χ2v) is 4.78. The first-order valence-corrected chi connectivity index (χ1v) is 6.05. The first-order chi connectivity index (χ1) is 8.91. The second kappa shape index (κ2) is 5.10. The summed E-state index contributed by atoms with van der Waals surface area (Å²) in [5.41, 5.74) is 0.893. The van der Waals surface area contributed by atoms with Crippen molar-refractivity contribution in [1.29, 1.82) is 0 Å². The summed E-state index contributed by atoms with van der Waals surface area (Å²) >= 11 is 5.96. The lowest BCUT2D eigenvalue weighted by Crippen LogP contribution is -2.07. The van der Waals surface area contributed by atoms with Crippen LogP contribution in [0.2, 0.25) is 5.02 Å². The Kier molecular flexibility index (Phi) is 3.67. The summed E-state index contributed by atoms with van der Waals surface area (Å²) in [6, 6.07) is 7.45. The normalized spacial score (nSPS) is 10.6. The van der Waals surface area contributed by atoms with Crippen molar-refractivity contribution in [2.45, 2.75) is 13.8 Å². The molecule has 98 valence electrons. The molecule has 0 saturated carbocycles. The van der Waals surface area contributed by atoms with Crippen LogP contribution in [0.5, 0.6) is 0 Å². The van der Waals surface area contributed by atoms with Crippen molar-refractivity contribution in [3.05, 3.63) is 69.2 Å². The van der Waals surface area contributed by atoms with E-state index in [0.717, 1.165) is 5.56 Å². The van der Waals surface area contributed by atoms with Crippen LogP contribution in [0.4, 0.5) is 8.78 Å². The van der Waals surface area contributed by atoms with Gasteiger partial charge in [-0.1, -0.05) is 23.7 Å². The summed E-state index contributed by atoms with van der Waals surface area (Å²) in [7, 11) is 0. The Labute approximate surface area is 114 Å². The fourth-order valence-electron chi connectivity index (χ4n) is 1.77.